The summed E-state index contributed by atoms with van der Waals surface area (Å²) in [6, 6.07) is 5.82. The number of benzene rings is 1. The first kappa shape index (κ1) is 21.5. The van der Waals surface area contributed by atoms with Crippen molar-refractivity contribution in [3.8, 4) is 0 Å². The zero-order valence-corrected chi connectivity index (χ0v) is 17.5. The molecule has 0 unspecified atom stereocenters. The predicted molar refractivity (Wildman–Crippen MR) is 110 cm³/mol. The van der Waals surface area contributed by atoms with E-state index in [1.807, 2.05) is 36.9 Å². The van der Waals surface area contributed by atoms with Gasteiger partial charge in [-0.2, -0.15) is 0 Å². The summed E-state index contributed by atoms with van der Waals surface area (Å²) in [5.41, 5.74) is 2.69. The van der Waals surface area contributed by atoms with E-state index in [-0.39, 0.29) is 30.4 Å². The molecule has 2 aliphatic rings. The summed E-state index contributed by atoms with van der Waals surface area (Å²) in [7, 11) is 0. The molecule has 0 N–H and O–H groups in total. The van der Waals surface area contributed by atoms with Crippen molar-refractivity contribution in [1.29, 1.82) is 0 Å². The number of hydrogen-bond acceptors (Lipinski definition) is 5. The van der Waals surface area contributed by atoms with Gasteiger partial charge in [0.05, 0.1) is 19.8 Å². The van der Waals surface area contributed by atoms with Gasteiger partial charge in [-0.3, -0.25) is 19.3 Å². The van der Waals surface area contributed by atoms with Gasteiger partial charge in [-0.05, 0) is 25.5 Å². The fourth-order valence-corrected chi connectivity index (χ4v) is 3.81. The summed E-state index contributed by atoms with van der Waals surface area (Å²) >= 11 is 0. The van der Waals surface area contributed by atoms with Gasteiger partial charge in [0.2, 0.25) is 11.8 Å². The third kappa shape index (κ3) is 5.87. The van der Waals surface area contributed by atoms with Crippen LogP contribution in [0.5, 0.6) is 0 Å². The molecule has 0 saturated carbocycles. The molecular formula is C22H31N3O4. The second-order valence-electron chi connectivity index (χ2n) is 7.89. The van der Waals surface area contributed by atoms with Gasteiger partial charge in [-0.15, -0.1) is 0 Å². The number of carbonyl (C=O) groups excluding carboxylic acids is 3. The molecule has 2 heterocycles. The minimum absolute atomic E-state index is 0.0102. The van der Waals surface area contributed by atoms with Crippen LogP contribution < -0.4 is 0 Å². The normalized spacial score (nSPS) is 18.0. The zero-order chi connectivity index (χ0) is 20.8. The average Bonchev–Trinajstić information content (AvgIpc) is 2.74. The molecule has 2 amide bonds. The first-order valence-corrected chi connectivity index (χ1v) is 10.4. The van der Waals surface area contributed by atoms with Crippen LogP contribution in [0.15, 0.2) is 18.2 Å². The highest BCUT2D eigenvalue weighted by Gasteiger charge is 2.26. The van der Waals surface area contributed by atoms with Crippen LogP contribution in [-0.4, -0.2) is 91.3 Å². The van der Waals surface area contributed by atoms with Gasteiger partial charge < -0.3 is 14.5 Å². The smallest absolute Gasteiger partial charge is 0.236 e. The molecular weight excluding hydrogens is 370 g/mol. The number of aryl methyl sites for hydroxylation is 2. The Morgan fingerprint density at radius 2 is 1.48 bits per heavy atom. The van der Waals surface area contributed by atoms with E-state index in [2.05, 4.69) is 4.90 Å². The molecule has 2 saturated heterocycles. The molecule has 2 fully saturated rings. The van der Waals surface area contributed by atoms with Gasteiger partial charge in [0.25, 0.3) is 0 Å². The van der Waals surface area contributed by atoms with Crippen molar-refractivity contribution < 1.29 is 19.1 Å². The molecule has 7 nitrogen and oxygen atoms in total. The monoisotopic (exact) mass is 401 g/mol. The lowest BCUT2D eigenvalue weighted by atomic mass is 9.99. The summed E-state index contributed by atoms with van der Waals surface area (Å²) in [6.07, 6.45) is 0.438. The van der Waals surface area contributed by atoms with Crippen LogP contribution in [0.4, 0.5) is 0 Å². The van der Waals surface area contributed by atoms with Gasteiger partial charge >= 0.3 is 0 Å². The summed E-state index contributed by atoms with van der Waals surface area (Å²) < 4.78 is 5.31. The van der Waals surface area contributed by atoms with Crippen molar-refractivity contribution in [1.82, 2.24) is 14.7 Å². The molecule has 1 aromatic carbocycles. The van der Waals surface area contributed by atoms with Crippen molar-refractivity contribution >= 4 is 17.6 Å². The molecule has 3 rings (SSSR count). The largest absolute Gasteiger partial charge is 0.379 e. The van der Waals surface area contributed by atoms with Crippen LogP contribution in [0.2, 0.25) is 0 Å². The summed E-state index contributed by atoms with van der Waals surface area (Å²) in [6.45, 7) is 9.41. The number of ketones is 1. The number of nitrogens with zero attached hydrogens (tertiary/aromatic N) is 3. The quantitative estimate of drug-likeness (QED) is 0.672. The van der Waals surface area contributed by atoms with Gasteiger partial charge in [-0.1, -0.05) is 17.7 Å². The number of piperazine rings is 1. The second kappa shape index (κ2) is 9.98. The molecule has 158 valence electrons. The van der Waals surface area contributed by atoms with Crippen LogP contribution in [0, 0.1) is 13.8 Å². The number of rotatable bonds is 6. The number of hydrogen-bond donors (Lipinski definition) is 0. The Bertz CT molecular complexity index is 750. The summed E-state index contributed by atoms with van der Waals surface area (Å²) in [5, 5.41) is 0. The Balaban J connectivity index is 1.42. The third-order valence-electron chi connectivity index (χ3n) is 5.71. The highest BCUT2D eigenvalue weighted by molar-refractivity contribution is 5.99. The van der Waals surface area contributed by atoms with Crippen LogP contribution >= 0.6 is 0 Å². The van der Waals surface area contributed by atoms with E-state index in [0.29, 0.717) is 51.5 Å². The van der Waals surface area contributed by atoms with Gasteiger partial charge in [0.1, 0.15) is 0 Å². The summed E-state index contributed by atoms with van der Waals surface area (Å²) in [5.74, 6) is 0.118. The molecule has 0 atom stereocenters. The first-order valence-electron chi connectivity index (χ1n) is 10.4. The lowest BCUT2D eigenvalue weighted by molar-refractivity contribution is -0.140. The van der Waals surface area contributed by atoms with Crippen molar-refractivity contribution in [2.24, 2.45) is 0 Å². The Morgan fingerprint density at radius 3 is 2.14 bits per heavy atom. The van der Waals surface area contributed by atoms with E-state index in [1.54, 1.807) is 4.90 Å². The fourth-order valence-electron chi connectivity index (χ4n) is 3.81. The van der Waals surface area contributed by atoms with Crippen molar-refractivity contribution in [3.05, 3.63) is 34.9 Å². The molecule has 29 heavy (non-hydrogen) atoms. The van der Waals surface area contributed by atoms with Crippen LogP contribution in [0.3, 0.4) is 0 Å². The SMILES string of the molecule is Cc1ccc(C)c(C(=O)CCC(=O)N2CCN(C(=O)CN3CCOCC3)CC2)c1. The minimum Gasteiger partial charge on any atom is -0.379 e. The fraction of sp³-hybridized carbons (Fsp3) is 0.591. The maximum atomic E-state index is 12.5. The van der Waals surface area contributed by atoms with Gasteiger partial charge in [0.15, 0.2) is 5.78 Å². The van der Waals surface area contributed by atoms with Crippen LogP contribution in [0.1, 0.15) is 34.3 Å². The average molecular weight is 402 g/mol. The van der Waals surface area contributed by atoms with E-state index >= 15 is 0 Å². The molecule has 7 heteroatoms. The molecule has 2 aliphatic heterocycles. The molecule has 0 aromatic heterocycles. The highest BCUT2D eigenvalue weighted by atomic mass is 16.5. The number of carbonyl (C=O) groups is 3. The lowest BCUT2D eigenvalue weighted by Gasteiger charge is -2.36. The number of morpholine rings is 1. The Morgan fingerprint density at radius 1 is 0.862 bits per heavy atom. The minimum atomic E-state index is -0.0102. The summed E-state index contributed by atoms with van der Waals surface area (Å²) in [4.78, 5) is 43.2. The standard InChI is InChI=1S/C22H31N3O4/c1-17-3-4-18(2)19(15-17)20(26)5-6-21(27)24-7-9-25(10-8-24)22(28)16-23-11-13-29-14-12-23/h3-4,15H,5-14,16H2,1-2H3. The highest BCUT2D eigenvalue weighted by Crippen LogP contribution is 2.15. The van der Waals surface area contributed by atoms with Crippen molar-refractivity contribution in [3.63, 3.8) is 0 Å². The van der Waals surface area contributed by atoms with E-state index in [4.69, 9.17) is 4.74 Å². The number of amides is 2. The number of Topliss-reactive ketones (excluding diaryl/α,β-unsaturated/α-hetero) is 1. The molecule has 0 bridgehead atoms. The zero-order valence-electron chi connectivity index (χ0n) is 17.5. The van der Waals surface area contributed by atoms with E-state index in [1.165, 1.54) is 0 Å². The van der Waals surface area contributed by atoms with Crippen molar-refractivity contribution in [2.75, 3.05) is 59.0 Å². The second-order valence-corrected chi connectivity index (χ2v) is 7.89. The van der Waals surface area contributed by atoms with Gasteiger partial charge in [0, 0.05) is 57.7 Å². The Labute approximate surface area is 172 Å². The predicted octanol–water partition coefficient (Wildman–Crippen LogP) is 1.27. The third-order valence-corrected chi connectivity index (χ3v) is 5.71. The van der Waals surface area contributed by atoms with Crippen molar-refractivity contribution in [2.45, 2.75) is 26.7 Å². The van der Waals surface area contributed by atoms with E-state index in [9.17, 15) is 14.4 Å². The molecule has 1 aromatic rings. The molecule has 0 spiro atoms. The van der Waals surface area contributed by atoms with Gasteiger partial charge in [-0.25, -0.2) is 0 Å². The maximum Gasteiger partial charge on any atom is 0.236 e. The maximum absolute atomic E-state index is 12.5. The molecule has 0 aliphatic carbocycles. The van der Waals surface area contributed by atoms with E-state index < -0.39 is 0 Å². The number of ether oxygens (including phenoxy) is 1. The first-order chi connectivity index (χ1) is 13.9. The van der Waals surface area contributed by atoms with Crippen LogP contribution in [-0.2, 0) is 14.3 Å². The Hall–Kier alpha value is -2.25. The lowest BCUT2D eigenvalue weighted by Crippen LogP contribution is -2.53. The van der Waals surface area contributed by atoms with E-state index in [0.717, 1.165) is 24.2 Å². The topological polar surface area (TPSA) is 70.2 Å². The molecule has 0 radical (unpaired) electrons. The van der Waals surface area contributed by atoms with Crippen LogP contribution in [0.25, 0.3) is 0 Å². The Kier molecular flexibility index (Phi) is 7.39.